The van der Waals surface area contributed by atoms with Gasteiger partial charge >= 0.3 is 12.1 Å². The van der Waals surface area contributed by atoms with E-state index in [1.807, 2.05) is 9.21 Å². The van der Waals surface area contributed by atoms with Gasteiger partial charge in [-0.05, 0) is 50.4 Å². The molecule has 1 saturated heterocycles. The van der Waals surface area contributed by atoms with Crippen LogP contribution in [0.25, 0.3) is 0 Å². The molecule has 1 atom stereocenters. The number of nitrogens with zero attached hydrogens (tertiary/aromatic N) is 2. The molecule has 0 aromatic heterocycles. The molecule has 7 heteroatoms. The maximum absolute atomic E-state index is 13.3. The second-order valence-electron chi connectivity index (χ2n) is 9.86. The second kappa shape index (κ2) is 11.0. The Kier molecular flexibility index (Phi) is 8.07. The Hall–Kier alpha value is -1.11. The van der Waals surface area contributed by atoms with E-state index in [1.54, 1.807) is 11.9 Å². The highest BCUT2D eigenvalue weighted by Gasteiger charge is 2.44. The summed E-state index contributed by atoms with van der Waals surface area (Å²) in [6.07, 6.45) is 18.5. The van der Waals surface area contributed by atoms with E-state index in [0.717, 1.165) is 25.9 Å². The standard InChI is InChI=1S/C23H40N4O2S/c28-21(24-16-18-10-4-1-5-11-18)25-22-27(20-14-8-3-9-15-20)23(29)26(30-22)17-19-12-6-2-7-13-19/h18-20,22H,1-17H2,(H2,24,25,28). The van der Waals surface area contributed by atoms with Crippen molar-refractivity contribution in [2.45, 2.75) is 108 Å². The van der Waals surface area contributed by atoms with Gasteiger partial charge in [-0.1, -0.05) is 57.8 Å². The molecule has 4 fully saturated rings. The summed E-state index contributed by atoms with van der Waals surface area (Å²) in [5.74, 6) is 1.22. The summed E-state index contributed by atoms with van der Waals surface area (Å²) in [6, 6.07) is 0.264. The molecule has 1 unspecified atom stereocenters. The fraction of sp³-hybridized carbons (Fsp3) is 0.913. The van der Waals surface area contributed by atoms with E-state index in [0.29, 0.717) is 11.8 Å². The number of carbonyl (C=O) groups is 2. The minimum Gasteiger partial charge on any atom is -0.338 e. The van der Waals surface area contributed by atoms with Crippen LogP contribution in [0.15, 0.2) is 0 Å². The molecule has 4 aliphatic rings. The van der Waals surface area contributed by atoms with Gasteiger partial charge in [0.25, 0.3) is 0 Å². The number of nitrogens with one attached hydrogen (secondary N) is 2. The van der Waals surface area contributed by atoms with Crippen LogP contribution < -0.4 is 10.6 Å². The third-order valence-electron chi connectivity index (χ3n) is 7.56. The van der Waals surface area contributed by atoms with Crippen LogP contribution in [0.2, 0.25) is 0 Å². The lowest BCUT2D eigenvalue weighted by Gasteiger charge is -2.34. The van der Waals surface area contributed by atoms with Crippen LogP contribution in [0.1, 0.15) is 96.3 Å². The van der Waals surface area contributed by atoms with Crippen molar-refractivity contribution in [1.82, 2.24) is 19.8 Å². The first kappa shape index (κ1) is 22.1. The SMILES string of the molecule is O=C(NCC1CCCCC1)NC1SN(CC2CCCCC2)C(=O)N1C1CCCCC1. The predicted octanol–water partition coefficient (Wildman–Crippen LogP) is 5.45. The predicted molar refractivity (Wildman–Crippen MR) is 122 cm³/mol. The molecule has 3 saturated carbocycles. The maximum Gasteiger partial charge on any atom is 0.332 e. The van der Waals surface area contributed by atoms with Gasteiger partial charge in [0, 0.05) is 31.1 Å². The molecular formula is C23H40N4O2S. The van der Waals surface area contributed by atoms with Gasteiger partial charge in [-0.2, -0.15) is 0 Å². The van der Waals surface area contributed by atoms with Gasteiger partial charge in [0.05, 0.1) is 0 Å². The number of amides is 4. The van der Waals surface area contributed by atoms with Gasteiger partial charge in [-0.3, -0.25) is 9.21 Å². The van der Waals surface area contributed by atoms with Gasteiger partial charge in [0.2, 0.25) is 0 Å². The first-order valence-electron chi connectivity index (χ1n) is 12.5. The highest BCUT2D eigenvalue weighted by atomic mass is 32.2. The zero-order valence-electron chi connectivity index (χ0n) is 18.4. The molecule has 0 spiro atoms. The number of rotatable bonds is 6. The third kappa shape index (κ3) is 5.77. The van der Waals surface area contributed by atoms with E-state index in [1.165, 1.54) is 83.5 Å². The molecule has 4 amide bonds. The second-order valence-corrected chi connectivity index (χ2v) is 11.0. The Labute approximate surface area is 186 Å². The molecule has 0 bridgehead atoms. The Morgan fingerprint density at radius 1 is 0.833 bits per heavy atom. The molecule has 170 valence electrons. The molecule has 0 radical (unpaired) electrons. The molecule has 1 aliphatic heterocycles. The molecule has 2 N–H and O–H groups in total. The topological polar surface area (TPSA) is 64.7 Å². The summed E-state index contributed by atoms with van der Waals surface area (Å²) < 4.78 is 1.96. The van der Waals surface area contributed by atoms with Crippen molar-refractivity contribution in [1.29, 1.82) is 0 Å². The van der Waals surface area contributed by atoms with Crippen molar-refractivity contribution in [2.75, 3.05) is 13.1 Å². The van der Waals surface area contributed by atoms with Crippen LogP contribution in [0.3, 0.4) is 0 Å². The van der Waals surface area contributed by atoms with Gasteiger partial charge in [-0.15, -0.1) is 0 Å². The normalized spacial score (nSPS) is 27.5. The zero-order chi connectivity index (χ0) is 20.8. The highest BCUT2D eigenvalue weighted by molar-refractivity contribution is 7.98. The van der Waals surface area contributed by atoms with Gasteiger partial charge < -0.3 is 10.6 Å². The van der Waals surface area contributed by atoms with Crippen molar-refractivity contribution < 1.29 is 9.59 Å². The van der Waals surface area contributed by atoms with Crippen molar-refractivity contribution in [3.05, 3.63) is 0 Å². The summed E-state index contributed by atoms with van der Waals surface area (Å²) in [5, 5.41) is 6.23. The fourth-order valence-corrected chi connectivity index (χ4v) is 7.01. The van der Waals surface area contributed by atoms with Crippen LogP contribution in [-0.2, 0) is 0 Å². The molecule has 3 aliphatic carbocycles. The van der Waals surface area contributed by atoms with Gasteiger partial charge in [0.1, 0.15) is 0 Å². The highest BCUT2D eigenvalue weighted by Crippen LogP contribution is 2.37. The lowest BCUT2D eigenvalue weighted by molar-refractivity contribution is 0.136. The molecule has 30 heavy (non-hydrogen) atoms. The monoisotopic (exact) mass is 436 g/mol. The van der Waals surface area contributed by atoms with E-state index in [9.17, 15) is 9.59 Å². The van der Waals surface area contributed by atoms with Crippen molar-refractivity contribution in [2.24, 2.45) is 11.8 Å². The largest absolute Gasteiger partial charge is 0.338 e. The van der Waals surface area contributed by atoms with Crippen molar-refractivity contribution >= 4 is 24.0 Å². The fourth-order valence-electron chi connectivity index (χ4n) is 5.77. The van der Waals surface area contributed by atoms with E-state index in [2.05, 4.69) is 10.6 Å². The Balaban J connectivity index is 1.35. The number of urea groups is 2. The van der Waals surface area contributed by atoms with Crippen molar-refractivity contribution in [3.63, 3.8) is 0 Å². The van der Waals surface area contributed by atoms with Gasteiger partial charge in [0.15, 0.2) is 5.50 Å². The summed E-state index contributed by atoms with van der Waals surface area (Å²) >= 11 is 1.54. The van der Waals surface area contributed by atoms with Crippen LogP contribution in [-0.4, -0.2) is 45.9 Å². The lowest BCUT2D eigenvalue weighted by Crippen LogP contribution is -2.53. The Bertz CT molecular complexity index is 572. The van der Waals surface area contributed by atoms with Crippen molar-refractivity contribution in [3.8, 4) is 0 Å². The van der Waals surface area contributed by atoms with Crippen LogP contribution >= 0.6 is 11.9 Å². The molecule has 0 aromatic rings. The third-order valence-corrected chi connectivity index (χ3v) is 8.67. The quantitative estimate of drug-likeness (QED) is 0.544. The van der Waals surface area contributed by atoms with E-state index < -0.39 is 0 Å². The number of carbonyl (C=O) groups excluding carboxylic acids is 2. The van der Waals surface area contributed by atoms with Gasteiger partial charge in [-0.25, -0.2) is 9.59 Å². The maximum atomic E-state index is 13.3. The molecule has 6 nitrogen and oxygen atoms in total. The molecule has 0 aromatic carbocycles. The smallest absolute Gasteiger partial charge is 0.332 e. The van der Waals surface area contributed by atoms with E-state index in [4.69, 9.17) is 0 Å². The summed E-state index contributed by atoms with van der Waals surface area (Å²) in [7, 11) is 0. The van der Waals surface area contributed by atoms with E-state index in [-0.39, 0.29) is 23.6 Å². The Morgan fingerprint density at radius 2 is 1.40 bits per heavy atom. The zero-order valence-corrected chi connectivity index (χ0v) is 19.3. The molecule has 4 rings (SSSR count). The van der Waals surface area contributed by atoms with Crippen LogP contribution in [0.4, 0.5) is 9.59 Å². The van der Waals surface area contributed by atoms with Crippen LogP contribution in [0.5, 0.6) is 0 Å². The minimum atomic E-state index is -0.268. The summed E-state index contributed by atoms with van der Waals surface area (Å²) in [6.45, 7) is 1.58. The summed E-state index contributed by atoms with van der Waals surface area (Å²) in [4.78, 5) is 28.0. The first-order chi connectivity index (χ1) is 14.7. The number of hydrogen-bond donors (Lipinski definition) is 2. The molecular weight excluding hydrogens is 396 g/mol. The minimum absolute atomic E-state index is 0.119. The Morgan fingerprint density at radius 3 is 2.03 bits per heavy atom. The first-order valence-corrected chi connectivity index (χ1v) is 13.4. The summed E-state index contributed by atoms with van der Waals surface area (Å²) in [5.41, 5.74) is -0.268. The number of hydrogen-bond acceptors (Lipinski definition) is 3. The van der Waals surface area contributed by atoms with E-state index >= 15 is 0 Å². The average Bonchev–Trinajstić information content (AvgIpc) is 3.08. The molecule has 1 heterocycles. The van der Waals surface area contributed by atoms with Crippen LogP contribution in [0, 0.1) is 11.8 Å². The average molecular weight is 437 g/mol. The lowest BCUT2D eigenvalue weighted by atomic mass is 9.89.